The van der Waals surface area contributed by atoms with E-state index in [4.69, 9.17) is 0 Å². The van der Waals surface area contributed by atoms with Gasteiger partial charge in [-0.15, -0.1) is 11.3 Å². The van der Waals surface area contributed by atoms with Gasteiger partial charge in [-0.05, 0) is 24.5 Å². The van der Waals surface area contributed by atoms with Crippen molar-refractivity contribution < 1.29 is 13.6 Å². The van der Waals surface area contributed by atoms with Crippen LogP contribution in [0, 0.1) is 0 Å². The van der Waals surface area contributed by atoms with E-state index in [1.54, 1.807) is 7.05 Å². The van der Waals surface area contributed by atoms with Gasteiger partial charge >= 0.3 is 6.55 Å². The Labute approximate surface area is 138 Å². The highest BCUT2D eigenvalue weighted by molar-refractivity contribution is 7.14. The lowest BCUT2D eigenvalue weighted by molar-refractivity contribution is 0.0613. The van der Waals surface area contributed by atoms with Crippen molar-refractivity contribution in [2.45, 2.75) is 46.2 Å². The summed E-state index contributed by atoms with van der Waals surface area (Å²) >= 11 is 1.50. The fourth-order valence-corrected chi connectivity index (χ4v) is 3.78. The molecule has 0 saturated heterocycles. The van der Waals surface area contributed by atoms with Crippen molar-refractivity contribution in [1.29, 1.82) is 0 Å². The van der Waals surface area contributed by atoms with Crippen molar-refractivity contribution in [1.82, 2.24) is 14.5 Å². The van der Waals surface area contributed by atoms with Crippen LogP contribution in [0.5, 0.6) is 0 Å². The lowest BCUT2D eigenvalue weighted by Crippen LogP contribution is -2.27. The van der Waals surface area contributed by atoms with Crippen molar-refractivity contribution in [3.05, 3.63) is 39.6 Å². The summed E-state index contributed by atoms with van der Waals surface area (Å²) in [4.78, 5) is 19.8. The first-order valence-electron chi connectivity index (χ1n) is 7.64. The molecule has 0 spiro atoms. The van der Waals surface area contributed by atoms with Crippen LogP contribution in [0.25, 0.3) is 0 Å². The fraction of sp³-hybridized carbons (Fsp3) is 0.500. The molecule has 0 bridgehead atoms. The third-order valence-electron chi connectivity index (χ3n) is 3.65. The van der Waals surface area contributed by atoms with Crippen molar-refractivity contribution in [3.63, 3.8) is 0 Å². The first-order chi connectivity index (χ1) is 11.0. The second kappa shape index (κ2) is 7.68. The van der Waals surface area contributed by atoms with E-state index in [0.29, 0.717) is 4.88 Å². The molecule has 0 saturated carbocycles. The van der Waals surface area contributed by atoms with Gasteiger partial charge < -0.3 is 4.90 Å². The summed E-state index contributed by atoms with van der Waals surface area (Å²) in [7, 11) is 1.61. The largest absolute Gasteiger partial charge is 0.334 e. The number of halogens is 2. The summed E-state index contributed by atoms with van der Waals surface area (Å²) in [5.74, 6) is 0.0211. The quantitative estimate of drug-likeness (QED) is 0.759. The first kappa shape index (κ1) is 17.6. The smallest absolute Gasteiger partial charge is 0.319 e. The summed E-state index contributed by atoms with van der Waals surface area (Å²) in [6, 6.07) is 1.92. The van der Waals surface area contributed by atoms with Crippen molar-refractivity contribution >= 4 is 17.2 Å². The molecule has 0 N–H and O–H groups in total. The molecular formula is C16H21F2N3OS. The van der Waals surface area contributed by atoms with Gasteiger partial charge in [-0.3, -0.25) is 9.36 Å². The topological polar surface area (TPSA) is 38.1 Å². The Balaban J connectivity index is 2.14. The van der Waals surface area contributed by atoms with Crippen LogP contribution in [0.3, 0.4) is 0 Å². The van der Waals surface area contributed by atoms with E-state index in [0.717, 1.165) is 23.8 Å². The molecule has 2 heterocycles. The summed E-state index contributed by atoms with van der Waals surface area (Å²) < 4.78 is 26.5. The van der Waals surface area contributed by atoms with E-state index in [-0.39, 0.29) is 18.3 Å². The number of thiophene rings is 1. The maximum Gasteiger partial charge on any atom is 0.319 e. The van der Waals surface area contributed by atoms with E-state index in [2.05, 4.69) is 18.8 Å². The average molecular weight is 341 g/mol. The number of carbonyl (C=O) groups is 1. The maximum absolute atomic E-state index is 12.8. The number of rotatable bonds is 7. The highest BCUT2D eigenvalue weighted by Crippen LogP contribution is 2.26. The van der Waals surface area contributed by atoms with Crippen LogP contribution in [0.4, 0.5) is 8.78 Å². The molecular weight excluding hydrogens is 320 g/mol. The Morgan fingerprint density at radius 1 is 1.43 bits per heavy atom. The minimum atomic E-state index is -2.65. The predicted octanol–water partition coefficient (Wildman–Crippen LogP) is 4.13. The highest BCUT2D eigenvalue weighted by atomic mass is 32.1. The highest BCUT2D eigenvalue weighted by Gasteiger charge is 2.20. The molecule has 126 valence electrons. The molecule has 0 aliphatic carbocycles. The molecule has 0 atom stereocenters. The van der Waals surface area contributed by atoms with Gasteiger partial charge in [0.2, 0.25) is 0 Å². The molecule has 0 unspecified atom stereocenters. The van der Waals surface area contributed by atoms with Crippen LogP contribution in [0.2, 0.25) is 0 Å². The second-order valence-corrected chi connectivity index (χ2v) is 6.49. The number of hydrogen-bond donors (Lipinski definition) is 0. The number of aromatic nitrogens is 2. The van der Waals surface area contributed by atoms with Gasteiger partial charge in [0.15, 0.2) is 0 Å². The molecule has 7 heteroatoms. The van der Waals surface area contributed by atoms with Crippen molar-refractivity contribution in [2.24, 2.45) is 0 Å². The van der Waals surface area contributed by atoms with Crippen molar-refractivity contribution in [2.75, 3.05) is 7.05 Å². The third-order valence-corrected chi connectivity index (χ3v) is 4.87. The Kier molecular flexibility index (Phi) is 5.87. The monoisotopic (exact) mass is 341 g/mol. The zero-order valence-corrected chi connectivity index (χ0v) is 14.4. The molecule has 0 aliphatic rings. The van der Waals surface area contributed by atoms with Gasteiger partial charge in [0, 0.05) is 24.3 Å². The van der Waals surface area contributed by atoms with Crippen LogP contribution in [0.1, 0.15) is 52.8 Å². The molecule has 2 aromatic rings. The Morgan fingerprint density at radius 2 is 2.17 bits per heavy atom. The van der Waals surface area contributed by atoms with Crippen LogP contribution in [-0.2, 0) is 19.4 Å². The lowest BCUT2D eigenvalue weighted by atomic mass is 10.1. The number of amides is 1. The molecule has 0 aromatic carbocycles. The Morgan fingerprint density at radius 3 is 2.78 bits per heavy atom. The molecule has 23 heavy (non-hydrogen) atoms. The first-order valence-corrected chi connectivity index (χ1v) is 8.46. The summed E-state index contributed by atoms with van der Waals surface area (Å²) in [5.41, 5.74) is 1.20. The Hall–Kier alpha value is -1.76. The van der Waals surface area contributed by atoms with Crippen molar-refractivity contribution in [3.8, 4) is 0 Å². The summed E-state index contributed by atoms with van der Waals surface area (Å²) in [6.45, 7) is 1.58. The summed E-state index contributed by atoms with van der Waals surface area (Å²) in [6.07, 6.45) is 5.42. The van der Waals surface area contributed by atoms with Crippen LogP contribution in [-0.4, -0.2) is 27.4 Å². The Bertz CT molecular complexity index is 666. The van der Waals surface area contributed by atoms with Crippen LogP contribution >= 0.6 is 11.3 Å². The van der Waals surface area contributed by atoms with Gasteiger partial charge in [-0.2, -0.15) is 8.78 Å². The molecule has 2 rings (SSSR count). The molecule has 0 fully saturated rings. The molecule has 0 radical (unpaired) electrons. The number of nitrogens with zero attached hydrogens (tertiary/aromatic N) is 3. The second-order valence-electron chi connectivity index (χ2n) is 5.35. The number of carbonyl (C=O) groups excluding carboxylic acids is 1. The zero-order chi connectivity index (χ0) is 17.0. The third kappa shape index (κ3) is 3.96. The molecule has 1 amide bonds. The minimum absolute atomic E-state index is 0.0542. The SMILES string of the molecule is CCCc1sc(C(=O)N(C)Cc2nccn2C(F)F)cc1CC. The van der Waals surface area contributed by atoms with E-state index in [1.807, 2.05) is 6.07 Å². The molecule has 0 aliphatic heterocycles. The van der Waals surface area contributed by atoms with Gasteiger partial charge in [-0.25, -0.2) is 4.98 Å². The number of aryl methyl sites for hydroxylation is 2. The number of imidazole rings is 1. The van der Waals surface area contributed by atoms with Gasteiger partial charge in [0.25, 0.3) is 5.91 Å². The zero-order valence-electron chi connectivity index (χ0n) is 13.6. The fourth-order valence-electron chi connectivity index (χ4n) is 2.43. The maximum atomic E-state index is 12.8. The van der Waals surface area contributed by atoms with E-state index < -0.39 is 6.55 Å². The molecule has 2 aromatic heterocycles. The normalized spacial score (nSPS) is 11.2. The standard InChI is InChI=1S/C16H21F2N3OS/c1-4-6-12-11(5-2)9-13(23-12)15(22)20(3)10-14-19-7-8-21(14)16(17)18/h7-9,16H,4-6,10H2,1-3H3. The van der Waals surface area contributed by atoms with Crippen LogP contribution < -0.4 is 0 Å². The number of hydrogen-bond acceptors (Lipinski definition) is 3. The van der Waals surface area contributed by atoms with Gasteiger partial charge in [0.05, 0.1) is 11.4 Å². The predicted molar refractivity (Wildman–Crippen MR) is 87.0 cm³/mol. The van der Waals surface area contributed by atoms with E-state index >= 15 is 0 Å². The lowest BCUT2D eigenvalue weighted by Gasteiger charge is -2.16. The average Bonchev–Trinajstić information content (AvgIpc) is 3.13. The minimum Gasteiger partial charge on any atom is -0.334 e. The van der Waals surface area contributed by atoms with Gasteiger partial charge in [-0.1, -0.05) is 20.3 Å². The van der Waals surface area contributed by atoms with Crippen LogP contribution in [0.15, 0.2) is 18.5 Å². The molecule has 4 nitrogen and oxygen atoms in total. The van der Waals surface area contributed by atoms with E-state index in [1.165, 1.54) is 39.1 Å². The van der Waals surface area contributed by atoms with Gasteiger partial charge in [0.1, 0.15) is 5.82 Å². The van der Waals surface area contributed by atoms with E-state index in [9.17, 15) is 13.6 Å². The number of alkyl halides is 2. The summed E-state index contributed by atoms with van der Waals surface area (Å²) in [5, 5.41) is 0.